The number of nitrogens with one attached hydrogen (secondary N) is 1. The predicted octanol–water partition coefficient (Wildman–Crippen LogP) is 5.00. The van der Waals surface area contributed by atoms with Crippen molar-refractivity contribution in [2.75, 3.05) is 16.8 Å². The smallest absolute Gasteiger partial charge is 0.346 e. The molecule has 1 aromatic heterocycles. The third-order valence-electron chi connectivity index (χ3n) is 4.62. The average Bonchev–Trinajstić information content (AvgIpc) is 2.70. The molecule has 0 fully saturated rings. The topological polar surface area (TPSA) is 84.2 Å². The van der Waals surface area contributed by atoms with Gasteiger partial charge >= 0.3 is 5.69 Å². The standard InChI is InChI=1S/C19H15Cl2N5O2/c20-14-6-3-7-15(16(14)21)24-18-17(26(27)28)19(23-11-22-18)25-9-8-12-4-1-2-5-13(12)10-25/h1-7,11H,8-10H2,(H,22,23,24). The van der Waals surface area contributed by atoms with Crippen LogP contribution in [0.25, 0.3) is 0 Å². The summed E-state index contributed by atoms with van der Waals surface area (Å²) in [7, 11) is 0. The fourth-order valence-electron chi connectivity index (χ4n) is 3.26. The maximum Gasteiger partial charge on any atom is 0.353 e. The van der Waals surface area contributed by atoms with Crippen LogP contribution >= 0.6 is 23.2 Å². The quantitative estimate of drug-likeness (QED) is 0.476. The molecule has 4 rings (SSSR count). The largest absolute Gasteiger partial charge is 0.353 e. The molecule has 0 bridgehead atoms. The zero-order valence-corrected chi connectivity index (χ0v) is 16.1. The number of hydrogen-bond donors (Lipinski definition) is 1. The maximum absolute atomic E-state index is 11.9. The van der Waals surface area contributed by atoms with Crippen molar-refractivity contribution in [2.45, 2.75) is 13.0 Å². The number of halogens is 2. The second-order valence-electron chi connectivity index (χ2n) is 6.32. The number of nitro groups is 1. The van der Waals surface area contributed by atoms with Crippen molar-refractivity contribution in [3.63, 3.8) is 0 Å². The van der Waals surface area contributed by atoms with Crippen LogP contribution in [-0.4, -0.2) is 21.4 Å². The minimum absolute atomic E-state index is 0.0676. The molecule has 28 heavy (non-hydrogen) atoms. The van der Waals surface area contributed by atoms with Gasteiger partial charge in [-0.05, 0) is 29.7 Å². The van der Waals surface area contributed by atoms with Gasteiger partial charge in [0.2, 0.25) is 11.6 Å². The van der Waals surface area contributed by atoms with E-state index in [4.69, 9.17) is 23.2 Å². The molecule has 1 aliphatic heterocycles. The molecule has 3 aromatic rings. The van der Waals surface area contributed by atoms with E-state index in [-0.39, 0.29) is 22.3 Å². The molecular weight excluding hydrogens is 401 g/mol. The highest BCUT2D eigenvalue weighted by Crippen LogP contribution is 2.38. The fourth-order valence-corrected chi connectivity index (χ4v) is 3.61. The van der Waals surface area contributed by atoms with Crippen molar-refractivity contribution < 1.29 is 4.92 Å². The Kier molecular flexibility index (Phi) is 5.02. The number of benzene rings is 2. The number of rotatable bonds is 4. The van der Waals surface area contributed by atoms with Gasteiger partial charge in [-0.3, -0.25) is 10.1 Å². The Morgan fingerprint density at radius 1 is 1.07 bits per heavy atom. The Hall–Kier alpha value is -2.90. The Morgan fingerprint density at radius 3 is 2.64 bits per heavy atom. The summed E-state index contributed by atoms with van der Waals surface area (Å²) >= 11 is 12.2. The SMILES string of the molecule is O=[N+]([O-])c1c(Nc2cccc(Cl)c2Cl)ncnc1N1CCc2ccccc2C1. The second kappa shape index (κ2) is 7.61. The minimum Gasteiger partial charge on any atom is -0.346 e. The van der Waals surface area contributed by atoms with E-state index in [1.54, 1.807) is 18.2 Å². The van der Waals surface area contributed by atoms with Gasteiger partial charge in [0, 0.05) is 13.1 Å². The Morgan fingerprint density at radius 2 is 1.86 bits per heavy atom. The summed E-state index contributed by atoms with van der Waals surface area (Å²) in [5.41, 5.74) is 2.62. The summed E-state index contributed by atoms with van der Waals surface area (Å²) in [6, 6.07) is 13.1. The van der Waals surface area contributed by atoms with E-state index in [9.17, 15) is 10.1 Å². The molecular formula is C19H15Cl2N5O2. The molecule has 1 N–H and O–H groups in total. The molecule has 0 radical (unpaired) electrons. The zero-order chi connectivity index (χ0) is 19.7. The molecule has 0 spiro atoms. The molecule has 0 aliphatic carbocycles. The molecule has 0 unspecified atom stereocenters. The van der Waals surface area contributed by atoms with Crippen molar-refractivity contribution in [1.82, 2.24) is 9.97 Å². The number of hydrogen-bond acceptors (Lipinski definition) is 6. The lowest BCUT2D eigenvalue weighted by Crippen LogP contribution is -2.31. The average molecular weight is 416 g/mol. The number of anilines is 3. The molecule has 2 heterocycles. The molecule has 0 saturated carbocycles. The molecule has 9 heteroatoms. The molecule has 0 amide bonds. The molecule has 142 valence electrons. The molecule has 2 aromatic carbocycles. The first-order valence-electron chi connectivity index (χ1n) is 8.56. The summed E-state index contributed by atoms with van der Waals surface area (Å²) in [5.74, 6) is 0.341. The van der Waals surface area contributed by atoms with Crippen molar-refractivity contribution in [3.8, 4) is 0 Å². The van der Waals surface area contributed by atoms with Gasteiger partial charge in [-0.25, -0.2) is 9.97 Å². The number of fused-ring (bicyclic) bond motifs is 1. The summed E-state index contributed by atoms with van der Waals surface area (Å²) < 4.78 is 0. The lowest BCUT2D eigenvalue weighted by atomic mass is 10.00. The van der Waals surface area contributed by atoms with Crippen LogP contribution in [0.5, 0.6) is 0 Å². The summed E-state index contributed by atoms with van der Waals surface area (Å²) in [5, 5.41) is 15.4. The van der Waals surface area contributed by atoms with Crippen molar-refractivity contribution >= 4 is 46.2 Å². The van der Waals surface area contributed by atoms with Crippen LogP contribution in [0, 0.1) is 10.1 Å². The minimum atomic E-state index is -0.476. The van der Waals surface area contributed by atoms with Crippen LogP contribution in [0.2, 0.25) is 10.0 Å². The lowest BCUT2D eigenvalue weighted by Gasteiger charge is -2.29. The second-order valence-corrected chi connectivity index (χ2v) is 7.10. The van der Waals surface area contributed by atoms with Crippen LogP contribution in [0.4, 0.5) is 23.0 Å². The highest BCUT2D eigenvalue weighted by atomic mass is 35.5. The lowest BCUT2D eigenvalue weighted by molar-refractivity contribution is -0.383. The van der Waals surface area contributed by atoms with E-state index in [0.29, 0.717) is 23.8 Å². The number of aromatic nitrogens is 2. The van der Waals surface area contributed by atoms with Crippen molar-refractivity contribution in [3.05, 3.63) is 80.1 Å². The maximum atomic E-state index is 11.9. The van der Waals surface area contributed by atoms with E-state index in [1.807, 2.05) is 23.1 Å². The Bertz CT molecular complexity index is 1060. The van der Waals surface area contributed by atoms with Crippen LogP contribution in [0.3, 0.4) is 0 Å². The first-order valence-corrected chi connectivity index (χ1v) is 9.32. The molecule has 0 saturated heterocycles. The highest BCUT2D eigenvalue weighted by Gasteiger charge is 2.29. The van der Waals surface area contributed by atoms with Gasteiger partial charge in [-0.15, -0.1) is 0 Å². The van der Waals surface area contributed by atoms with Gasteiger partial charge in [0.1, 0.15) is 6.33 Å². The van der Waals surface area contributed by atoms with E-state index in [2.05, 4.69) is 21.4 Å². The van der Waals surface area contributed by atoms with Crippen molar-refractivity contribution in [1.29, 1.82) is 0 Å². The highest BCUT2D eigenvalue weighted by molar-refractivity contribution is 6.43. The van der Waals surface area contributed by atoms with E-state index in [0.717, 1.165) is 12.0 Å². The third kappa shape index (κ3) is 3.46. The monoisotopic (exact) mass is 415 g/mol. The van der Waals surface area contributed by atoms with E-state index in [1.165, 1.54) is 11.9 Å². The zero-order valence-electron chi connectivity index (χ0n) is 14.6. The molecule has 0 atom stereocenters. The summed E-state index contributed by atoms with van der Waals surface area (Å²) in [4.78, 5) is 21.6. The van der Waals surface area contributed by atoms with E-state index < -0.39 is 4.92 Å². The van der Waals surface area contributed by atoms with Crippen LogP contribution in [0.15, 0.2) is 48.8 Å². The normalized spacial score (nSPS) is 13.1. The van der Waals surface area contributed by atoms with Gasteiger partial charge in [0.25, 0.3) is 0 Å². The van der Waals surface area contributed by atoms with Crippen LogP contribution < -0.4 is 10.2 Å². The van der Waals surface area contributed by atoms with Gasteiger partial charge in [0.05, 0.1) is 20.7 Å². The first-order chi connectivity index (χ1) is 13.5. The number of nitrogens with zero attached hydrogens (tertiary/aromatic N) is 4. The third-order valence-corrected chi connectivity index (χ3v) is 5.44. The van der Waals surface area contributed by atoms with E-state index >= 15 is 0 Å². The Labute approximate surface area is 171 Å². The molecule has 1 aliphatic rings. The van der Waals surface area contributed by atoms with Gasteiger partial charge in [-0.2, -0.15) is 0 Å². The summed E-state index contributed by atoms with van der Waals surface area (Å²) in [6.07, 6.45) is 2.10. The van der Waals surface area contributed by atoms with Crippen LogP contribution in [-0.2, 0) is 13.0 Å². The molecule has 7 nitrogen and oxygen atoms in total. The van der Waals surface area contributed by atoms with Gasteiger partial charge < -0.3 is 10.2 Å². The van der Waals surface area contributed by atoms with Gasteiger partial charge in [-0.1, -0.05) is 53.5 Å². The predicted molar refractivity (Wildman–Crippen MR) is 110 cm³/mol. The van der Waals surface area contributed by atoms with Crippen LogP contribution in [0.1, 0.15) is 11.1 Å². The Balaban J connectivity index is 1.73. The first kappa shape index (κ1) is 18.5. The summed E-state index contributed by atoms with van der Waals surface area (Å²) in [6.45, 7) is 1.18. The van der Waals surface area contributed by atoms with Crippen molar-refractivity contribution in [2.24, 2.45) is 0 Å². The van der Waals surface area contributed by atoms with Gasteiger partial charge in [0.15, 0.2) is 0 Å². The fraction of sp³-hybridized carbons (Fsp3) is 0.158.